The fourth-order valence-corrected chi connectivity index (χ4v) is 4.12. The molecule has 0 bridgehead atoms. The SMILES string of the molecule is Cc1nn(C)c(C)c1/C=C/C(=O)N1CCCC(Cc2ccc(Nc3ccccn3)nn2)C1. The Balaban J connectivity index is 1.33. The molecule has 1 aliphatic rings. The average molecular weight is 432 g/mol. The predicted octanol–water partition coefficient (Wildman–Crippen LogP) is 3.46. The summed E-state index contributed by atoms with van der Waals surface area (Å²) in [6, 6.07) is 9.59. The van der Waals surface area contributed by atoms with Crippen molar-refractivity contribution in [2.24, 2.45) is 13.0 Å². The summed E-state index contributed by atoms with van der Waals surface area (Å²) < 4.78 is 1.84. The Morgan fingerprint density at radius 1 is 1.19 bits per heavy atom. The zero-order chi connectivity index (χ0) is 22.5. The van der Waals surface area contributed by atoms with Crippen LogP contribution in [0.3, 0.4) is 0 Å². The number of carbonyl (C=O) groups excluding carboxylic acids is 1. The van der Waals surface area contributed by atoms with Crippen molar-refractivity contribution in [2.75, 3.05) is 18.4 Å². The molecule has 3 aromatic heterocycles. The molecule has 3 aromatic rings. The van der Waals surface area contributed by atoms with Gasteiger partial charge in [-0.2, -0.15) is 10.2 Å². The van der Waals surface area contributed by atoms with Gasteiger partial charge in [-0.15, -0.1) is 5.10 Å². The zero-order valence-electron chi connectivity index (χ0n) is 18.8. The van der Waals surface area contributed by atoms with Crippen molar-refractivity contribution in [1.82, 2.24) is 29.9 Å². The summed E-state index contributed by atoms with van der Waals surface area (Å²) in [4.78, 5) is 19.0. The van der Waals surface area contributed by atoms with Gasteiger partial charge < -0.3 is 10.2 Å². The summed E-state index contributed by atoms with van der Waals surface area (Å²) in [6.45, 7) is 5.51. The van der Waals surface area contributed by atoms with Crippen molar-refractivity contribution in [2.45, 2.75) is 33.1 Å². The Morgan fingerprint density at radius 2 is 2.06 bits per heavy atom. The van der Waals surface area contributed by atoms with E-state index in [0.717, 1.165) is 60.8 Å². The Kier molecular flexibility index (Phi) is 6.58. The van der Waals surface area contributed by atoms with E-state index in [1.807, 2.05) is 66.9 Å². The van der Waals surface area contributed by atoms with Crippen LogP contribution in [-0.4, -0.2) is 48.9 Å². The molecule has 1 amide bonds. The summed E-state index contributed by atoms with van der Waals surface area (Å²) in [5.74, 6) is 1.84. The average Bonchev–Trinajstić information content (AvgIpc) is 3.05. The van der Waals surface area contributed by atoms with Gasteiger partial charge in [-0.1, -0.05) is 6.07 Å². The molecular formula is C24H29N7O. The number of hydrogen-bond acceptors (Lipinski definition) is 6. The number of pyridine rings is 1. The van der Waals surface area contributed by atoms with Crippen molar-refractivity contribution >= 4 is 23.6 Å². The summed E-state index contributed by atoms with van der Waals surface area (Å²) >= 11 is 0. The lowest BCUT2D eigenvalue weighted by Gasteiger charge is -2.32. The second-order valence-corrected chi connectivity index (χ2v) is 8.29. The Hall–Kier alpha value is -3.55. The molecule has 32 heavy (non-hydrogen) atoms. The third-order valence-electron chi connectivity index (χ3n) is 5.93. The monoisotopic (exact) mass is 431 g/mol. The first-order valence-corrected chi connectivity index (χ1v) is 11.0. The van der Waals surface area contributed by atoms with Crippen LogP contribution in [0.15, 0.2) is 42.6 Å². The molecule has 1 unspecified atom stereocenters. The molecule has 0 aromatic carbocycles. The molecule has 0 spiro atoms. The van der Waals surface area contributed by atoms with Crippen LogP contribution in [0.2, 0.25) is 0 Å². The fraction of sp³-hybridized carbons (Fsp3) is 0.375. The minimum Gasteiger partial charge on any atom is -0.339 e. The first kappa shape index (κ1) is 21.7. The van der Waals surface area contributed by atoms with Crippen LogP contribution in [0, 0.1) is 19.8 Å². The van der Waals surface area contributed by atoms with E-state index in [1.165, 1.54) is 0 Å². The molecule has 1 fully saturated rings. The van der Waals surface area contributed by atoms with Crippen molar-refractivity contribution in [1.29, 1.82) is 0 Å². The molecule has 4 rings (SSSR count). The van der Waals surface area contributed by atoms with E-state index in [0.29, 0.717) is 11.7 Å². The number of anilines is 2. The molecule has 8 nitrogen and oxygen atoms in total. The number of likely N-dealkylation sites (tertiary alicyclic amines) is 1. The molecule has 166 valence electrons. The summed E-state index contributed by atoms with van der Waals surface area (Å²) in [7, 11) is 1.92. The summed E-state index contributed by atoms with van der Waals surface area (Å²) in [5.41, 5.74) is 3.95. The van der Waals surface area contributed by atoms with Crippen LogP contribution in [-0.2, 0) is 18.3 Å². The number of piperidine rings is 1. The number of rotatable bonds is 6. The van der Waals surface area contributed by atoms with Crippen molar-refractivity contribution in [3.05, 3.63) is 65.2 Å². The van der Waals surface area contributed by atoms with Crippen molar-refractivity contribution < 1.29 is 4.79 Å². The van der Waals surface area contributed by atoms with Gasteiger partial charge >= 0.3 is 0 Å². The first-order chi connectivity index (χ1) is 15.5. The van der Waals surface area contributed by atoms with Gasteiger partial charge in [-0.05, 0) is 69.4 Å². The van der Waals surface area contributed by atoms with E-state index in [4.69, 9.17) is 0 Å². The van der Waals surface area contributed by atoms with Crippen LogP contribution in [0.1, 0.15) is 35.5 Å². The summed E-state index contributed by atoms with van der Waals surface area (Å²) in [5, 5.41) is 16.2. The predicted molar refractivity (Wildman–Crippen MR) is 124 cm³/mol. The number of nitrogens with zero attached hydrogens (tertiary/aromatic N) is 6. The maximum Gasteiger partial charge on any atom is 0.246 e. The molecule has 0 saturated carbocycles. The quantitative estimate of drug-likeness (QED) is 0.601. The maximum atomic E-state index is 12.8. The molecule has 1 atom stereocenters. The standard InChI is InChI=1S/C24H29N7O/c1-17-21(18(2)30(3)29-17)10-12-24(32)31-14-6-7-19(16-31)15-20-9-11-23(28-27-20)26-22-8-4-5-13-25-22/h4-5,8-13,19H,6-7,14-16H2,1-3H3,(H,25,26,28)/b12-10+. The third kappa shape index (κ3) is 5.19. The highest BCUT2D eigenvalue weighted by Crippen LogP contribution is 2.21. The molecule has 8 heteroatoms. The van der Waals surface area contributed by atoms with E-state index in [2.05, 4.69) is 25.6 Å². The van der Waals surface area contributed by atoms with Crippen molar-refractivity contribution in [3.8, 4) is 0 Å². The molecule has 1 N–H and O–H groups in total. The van der Waals surface area contributed by atoms with Gasteiger partial charge in [0, 0.05) is 43.7 Å². The number of nitrogens with one attached hydrogen (secondary N) is 1. The normalized spacial score (nSPS) is 16.5. The van der Waals surface area contributed by atoms with Crippen LogP contribution < -0.4 is 5.32 Å². The van der Waals surface area contributed by atoms with Crippen LogP contribution in [0.4, 0.5) is 11.6 Å². The van der Waals surface area contributed by atoms with Gasteiger partial charge in [-0.25, -0.2) is 4.98 Å². The highest BCUT2D eigenvalue weighted by molar-refractivity contribution is 5.92. The van der Waals surface area contributed by atoms with Gasteiger partial charge in [0.2, 0.25) is 5.91 Å². The van der Waals surface area contributed by atoms with Gasteiger partial charge in [0.1, 0.15) is 5.82 Å². The second kappa shape index (κ2) is 9.72. The lowest BCUT2D eigenvalue weighted by molar-refractivity contribution is -0.127. The van der Waals surface area contributed by atoms with E-state index in [-0.39, 0.29) is 5.91 Å². The number of aryl methyl sites for hydroxylation is 2. The number of carbonyl (C=O) groups is 1. The lowest BCUT2D eigenvalue weighted by Crippen LogP contribution is -2.39. The molecule has 1 aliphatic heterocycles. The van der Waals surface area contributed by atoms with Crippen LogP contribution >= 0.6 is 0 Å². The molecule has 0 radical (unpaired) electrons. The smallest absolute Gasteiger partial charge is 0.246 e. The van der Waals surface area contributed by atoms with Gasteiger partial charge in [0.15, 0.2) is 5.82 Å². The Morgan fingerprint density at radius 3 is 2.75 bits per heavy atom. The first-order valence-electron chi connectivity index (χ1n) is 11.0. The second-order valence-electron chi connectivity index (χ2n) is 8.29. The van der Waals surface area contributed by atoms with Gasteiger partial charge in [-0.3, -0.25) is 9.48 Å². The van der Waals surface area contributed by atoms with E-state index in [9.17, 15) is 4.79 Å². The minimum absolute atomic E-state index is 0.0540. The Bertz CT molecular complexity index is 1090. The molecule has 1 saturated heterocycles. The topological polar surface area (TPSA) is 88.8 Å². The molecule has 0 aliphatic carbocycles. The van der Waals surface area contributed by atoms with E-state index in [1.54, 1.807) is 12.3 Å². The number of hydrogen-bond donors (Lipinski definition) is 1. The highest BCUT2D eigenvalue weighted by atomic mass is 16.2. The van der Waals surface area contributed by atoms with Gasteiger partial charge in [0.25, 0.3) is 0 Å². The fourth-order valence-electron chi connectivity index (χ4n) is 4.12. The van der Waals surface area contributed by atoms with Gasteiger partial charge in [0.05, 0.1) is 11.4 Å². The molecule has 4 heterocycles. The Labute approximate surface area is 188 Å². The summed E-state index contributed by atoms with van der Waals surface area (Å²) in [6.07, 6.45) is 8.20. The number of amides is 1. The number of aromatic nitrogens is 5. The highest BCUT2D eigenvalue weighted by Gasteiger charge is 2.23. The van der Waals surface area contributed by atoms with Crippen LogP contribution in [0.5, 0.6) is 0 Å². The zero-order valence-corrected chi connectivity index (χ0v) is 18.8. The maximum absolute atomic E-state index is 12.8. The lowest BCUT2D eigenvalue weighted by atomic mass is 9.93. The van der Waals surface area contributed by atoms with E-state index < -0.39 is 0 Å². The van der Waals surface area contributed by atoms with E-state index >= 15 is 0 Å². The van der Waals surface area contributed by atoms with Crippen LogP contribution in [0.25, 0.3) is 6.08 Å². The molecular weight excluding hydrogens is 402 g/mol. The third-order valence-corrected chi connectivity index (χ3v) is 5.93. The van der Waals surface area contributed by atoms with Crippen molar-refractivity contribution in [3.63, 3.8) is 0 Å². The minimum atomic E-state index is 0.0540. The largest absolute Gasteiger partial charge is 0.339 e.